The van der Waals surface area contributed by atoms with Crippen LogP contribution in [-0.2, 0) is 9.53 Å². The minimum atomic E-state index is -2.96. The Kier molecular flexibility index (Phi) is 6.96. The number of nitrogens with one attached hydrogen (secondary N) is 1. The number of benzene rings is 2. The molecule has 0 radical (unpaired) electrons. The number of rotatable bonds is 8. The van der Waals surface area contributed by atoms with Gasteiger partial charge in [0.25, 0.3) is 11.6 Å². The van der Waals surface area contributed by atoms with Crippen molar-refractivity contribution in [2.45, 2.75) is 19.5 Å². The average molecular weight is 435 g/mol. The number of carbonyl (C=O) groups is 2. The molecule has 0 saturated carbocycles. The number of carbonyl (C=O) groups excluding carboxylic acids is 2. The number of hydrogen-bond acceptors (Lipinski definition) is 7. The van der Waals surface area contributed by atoms with Crippen LogP contribution in [0.2, 0.25) is 0 Å². The quantitative estimate of drug-likeness (QED) is 0.383. The lowest BCUT2D eigenvalue weighted by atomic mass is 10.1. The zero-order chi connectivity index (χ0) is 22.4. The number of nitrogens with zero attached hydrogens (tertiary/aromatic N) is 2. The third kappa shape index (κ3) is 5.87. The van der Waals surface area contributed by atoms with Crippen molar-refractivity contribution in [2.24, 2.45) is 0 Å². The first kappa shape index (κ1) is 21.9. The van der Waals surface area contributed by atoms with Gasteiger partial charge in [0.2, 0.25) is 0 Å². The standard InChI is InChI=1S/C20H19F2N3O6/c21-20(22)31-15-6-3-13(4-7-15)23-18(26)12-30-19(27)16-11-14(25(28)29)5-8-17(16)24-9-1-2-10-24/h3-8,11,20H,1-2,9-10,12H2,(H,23,26). The van der Waals surface area contributed by atoms with E-state index in [0.717, 1.165) is 18.9 Å². The Morgan fingerprint density at radius 2 is 1.81 bits per heavy atom. The molecule has 0 bridgehead atoms. The van der Waals surface area contributed by atoms with Crippen LogP contribution in [0.5, 0.6) is 5.75 Å². The number of nitro groups is 1. The molecule has 1 saturated heterocycles. The third-order valence-electron chi connectivity index (χ3n) is 4.56. The van der Waals surface area contributed by atoms with Crippen molar-refractivity contribution in [2.75, 3.05) is 29.9 Å². The van der Waals surface area contributed by atoms with Crippen molar-refractivity contribution < 1.29 is 32.8 Å². The molecule has 0 spiro atoms. The van der Waals surface area contributed by atoms with Gasteiger partial charge in [-0.05, 0) is 43.2 Å². The molecule has 0 aliphatic carbocycles. The molecule has 1 heterocycles. The van der Waals surface area contributed by atoms with Crippen LogP contribution in [0, 0.1) is 10.1 Å². The molecule has 9 nitrogen and oxygen atoms in total. The normalized spacial score (nSPS) is 13.2. The van der Waals surface area contributed by atoms with E-state index in [1.807, 2.05) is 4.90 Å². The van der Waals surface area contributed by atoms with Crippen LogP contribution in [0.1, 0.15) is 23.2 Å². The molecule has 0 aromatic heterocycles. The third-order valence-corrected chi connectivity index (χ3v) is 4.56. The fraction of sp³-hybridized carbons (Fsp3) is 0.300. The molecule has 11 heteroatoms. The maximum absolute atomic E-state index is 12.6. The van der Waals surface area contributed by atoms with Crippen LogP contribution in [0.25, 0.3) is 0 Å². The van der Waals surface area contributed by atoms with Crippen molar-refractivity contribution in [1.29, 1.82) is 0 Å². The average Bonchev–Trinajstić information content (AvgIpc) is 3.27. The van der Waals surface area contributed by atoms with Gasteiger partial charge in [0.15, 0.2) is 6.61 Å². The Morgan fingerprint density at radius 1 is 1.13 bits per heavy atom. The van der Waals surface area contributed by atoms with Gasteiger partial charge >= 0.3 is 12.6 Å². The van der Waals surface area contributed by atoms with Gasteiger partial charge in [-0.3, -0.25) is 14.9 Å². The summed E-state index contributed by atoms with van der Waals surface area (Å²) in [6, 6.07) is 9.16. The van der Waals surface area contributed by atoms with Gasteiger partial charge in [-0.1, -0.05) is 0 Å². The van der Waals surface area contributed by atoms with Crippen molar-refractivity contribution in [3.63, 3.8) is 0 Å². The van der Waals surface area contributed by atoms with Crippen molar-refractivity contribution in [3.8, 4) is 5.75 Å². The van der Waals surface area contributed by atoms with Crippen LogP contribution in [0.15, 0.2) is 42.5 Å². The summed E-state index contributed by atoms with van der Waals surface area (Å²) in [4.78, 5) is 37.0. The second kappa shape index (κ2) is 9.83. The molecular formula is C20H19F2N3O6. The lowest BCUT2D eigenvalue weighted by Crippen LogP contribution is -2.24. The van der Waals surface area contributed by atoms with E-state index in [1.54, 1.807) is 0 Å². The zero-order valence-corrected chi connectivity index (χ0v) is 16.3. The molecule has 0 atom stereocenters. The van der Waals surface area contributed by atoms with E-state index in [4.69, 9.17) is 4.74 Å². The lowest BCUT2D eigenvalue weighted by molar-refractivity contribution is -0.384. The van der Waals surface area contributed by atoms with Crippen LogP contribution in [-0.4, -0.2) is 43.1 Å². The largest absolute Gasteiger partial charge is 0.452 e. The molecular weight excluding hydrogens is 416 g/mol. The number of amides is 1. The molecule has 1 N–H and O–H groups in total. The molecule has 1 amide bonds. The molecule has 2 aromatic rings. The van der Waals surface area contributed by atoms with E-state index in [2.05, 4.69) is 10.1 Å². The molecule has 3 rings (SSSR count). The van der Waals surface area contributed by atoms with Crippen LogP contribution in [0.4, 0.5) is 25.8 Å². The summed E-state index contributed by atoms with van der Waals surface area (Å²) in [6.45, 7) is -2.16. The smallest absolute Gasteiger partial charge is 0.387 e. The Hall–Kier alpha value is -3.76. The summed E-state index contributed by atoms with van der Waals surface area (Å²) in [7, 11) is 0. The summed E-state index contributed by atoms with van der Waals surface area (Å²) < 4.78 is 33.6. The maximum Gasteiger partial charge on any atom is 0.387 e. The Morgan fingerprint density at radius 3 is 2.42 bits per heavy atom. The SMILES string of the molecule is O=C(COC(=O)c1cc([N+](=O)[O-])ccc1N1CCCC1)Nc1ccc(OC(F)F)cc1. The van der Waals surface area contributed by atoms with Crippen LogP contribution >= 0.6 is 0 Å². The molecule has 1 fully saturated rings. The van der Waals surface area contributed by atoms with Gasteiger partial charge in [-0.2, -0.15) is 8.78 Å². The highest BCUT2D eigenvalue weighted by molar-refractivity contribution is 5.99. The fourth-order valence-corrected chi connectivity index (χ4v) is 3.16. The van der Waals surface area contributed by atoms with Gasteiger partial charge in [-0.25, -0.2) is 4.79 Å². The number of alkyl halides is 2. The predicted molar refractivity (Wildman–Crippen MR) is 107 cm³/mol. The second-order valence-electron chi connectivity index (χ2n) is 6.68. The minimum absolute atomic E-state index is 0.0115. The molecule has 2 aromatic carbocycles. The number of halogens is 2. The number of anilines is 2. The monoisotopic (exact) mass is 435 g/mol. The van der Waals surface area contributed by atoms with Crippen molar-refractivity contribution >= 4 is 28.9 Å². The first-order valence-corrected chi connectivity index (χ1v) is 9.39. The first-order valence-electron chi connectivity index (χ1n) is 9.39. The van der Waals surface area contributed by atoms with Gasteiger partial charge in [0.1, 0.15) is 5.75 Å². The van der Waals surface area contributed by atoms with Gasteiger partial charge in [-0.15, -0.1) is 0 Å². The molecule has 1 aliphatic heterocycles. The predicted octanol–water partition coefficient (Wildman–Crippen LogP) is 3.59. The van der Waals surface area contributed by atoms with E-state index < -0.39 is 30.0 Å². The molecule has 164 valence electrons. The maximum atomic E-state index is 12.6. The summed E-state index contributed by atoms with van der Waals surface area (Å²) in [5.74, 6) is -1.59. The summed E-state index contributed by atoms with van der Waals surface area (Å²) in [6.07, 6.45) is 1.88. The number of ether oxygens (including phenoxy) is 2. The Bertz CT molecular complexity index is 962. The minimum Gasteiger partial charge on any atom is -0.452 e. The molecule has 1 aliphatic rings. The lowest BCUT2D eigenvalue weighted by Gasteiger charge is -2.20. The highest BCUT2D eigenvalue weighted by atomic mass is 19.3. The number of non-ortho nitro benzene ring substituents is 1. The molecule has 0 unspecified atom stereocenters. The number of nitro benzene ring substituents is 1. The second-order valence-corrected chi connectivity index (χ2v) is 6.68. The fourth-order valence-electron chi connectivity index (χ4n) is 3.16. The highest BCUT2D eigenvalue weighted by Gasteiger charge is 2.24. The van der Waals surface area contributed by atoms with E-state index in [1.165, 1.54) is 36.4 Å². The summed E-state index contributed by atoms with van der Waals surface area (Å²) in [5.41, 5.74) is 0.557. The Labute approximate surface area is 175 Å². The number of esters is 1. The van der Waals surface area contributed by atoms with Crippen molar-refractivity contribution in [1.82, 2.24) is 0 Å². The van der Waals surface area contributed by atoms with Crippen LogP contribution in [0.3, 0.4) is 0 Å². The Balaban J connectivity index is 1.63. The van der Waals surface area contributed by atoms with E-state index in [0.29, 0.717) is 18.8 Å². The van der Waals surface area contributed by atoms with Gasteiger partial charge in [0, 0.05) is 30.9 Å². The highest BCUT2D eigenvalue weighted by Crippen LogP contribution is 2.29. The zero-order valence-electron chi connectivity index (χ0n) is 16.3. The van der Waals surface area contributed by atoms with Gasteiger partial charge in [0.05, 0.1) is 16.2 Å². The van der Waals surface area contributed by atoms with Gasteiger partial charge < -0.3 is 19.7 Å². The summed E-state index contributed by atoms with van der Waals surface area (Å²) >= 11 is 0. The first-order chi connectivity index (χ1) is 14.8. The topological polar surface area (TPSA) is 111 Å². The van der Waals surface area contributed by atoms with Crippen molar-refractivity contribution in [3.05, 3.63) is 58.1 Å². The van der Waals surface area contributed by atoms with Crippen LogP contribution < -0.4 is 15.0 Å². The van der Waals surface area contributed by atoms with E-state index in [9.17, 15) is 28.5 Å². The summed E-state index contributed by atoms with van der Waals surface area (Å²) in [5, 5.41) is 13.5. The van der Waals surface area contributed by atoms with E-state index >= 15 is 0 Å². The number of hydrogen-bond donors (Lipinski definition) is 1. The molecule has 31 heavy (non-hydrogen) atoms. The van der Waals surface area contributed by atoms with E-state index in [-0.39, 0.29) is 22.7 Å².